The number of aliphatic imine (C=N–C) groups is 1. The lowest BCUT2D eigenvalue weighted by molar-refractivity contribution is 0.472. The van der Waals surface area contributed by atoms with E-state index in [1.54, 1.807) is 0 Å². The Bertz CT molecular complexity index is 767. The fraction of sp³-hybridized carbons (Fsp3) is 0.609. The second-order valence-corrected chi connectivity index (χ2v) is 8.24. The molecule has 1 aromatic carbocycles. The molecular weight excluding hydrogens is 487 g/mol. The predicted molar refractivity (Wildman–Crippen MR) is 134 cm³/mol. The summed E-state index contributed by atoms with van der Waals surface area (Å²) in [5, 5.41) is 15.4. The third-order valence-corrected chi connectivity index (χ3v) is 6.02. The van der Waals surface area contributed by atoms with Crippen LogP contribution in [0.15, 0.2) is 35.3 Å². The molecule has 30 heavy (non-hydrogen) atoms. The molecule has 1 atom stereocenters. The second-order valence-electron chi connectivity index (χ2n) is 8.24. The van der Waals surface area contributed by atoms with E-state index < -0.39 is 0 Å². The zero-order valence-corrected chi connectivity index (χ0v) is 20.9. The third-order valence-electron chi connectivity index (χ3n) is 6.02. The van der Waals surface area contributed by atoms with Gasteiger partial charge >= 0.3 is 0 Å². The van der Waals surface area contributed by atoms with E-state index in [0.29, 0.717) is 6.54 Å². The number of hydrogen-bond acceptors (Lipinski definition) is 3. The summed E-state index contributed by atoms with van der Waals surface area (Å²) in [6, 6.07) is 10.7. The molecule has 2 aromatic rings. The Kier molecular flexibility index (Phi) is 10.6. The molecule has 0 amide bonds. The molecule has 2 N–H and O–H groups in total. The molecule has 0 radical (unpaired) electrons. The van der Waals surface area contributed by atoms with Crippen molar-refractivity contribution in [3.8, 4) is 0 Å². The number of benzene rings is 1. The minimum atomic E-state index is 0. The van der Waals surface area contributed by atoms with E-state index in [-0.39, 0.29) is 30.0 Å². The van der Waals surface area contributed by atoms with Crippen LogP contribution >= 0.6 is 24.0 Å². The molecular formula is C23H37IN6. The monoisotopic (exact) mass is 524 g/mol. The van der Waals surface area contributed by atoms with Gasteiger partial charge in [0.15, 0.2) is 11.8 Å². The van der Waals surface area contributed by atoms with Crippen LogP contribution in [0.25, 0.3) is 0 Å². The van der Waals surface area contributed by atoms with Gasteiger partial charge in [0.25, 0.3) is 0 Å². The first-order valence-electron chi connectivity index (χ1n) is 11.1. The van der Waals surface area contributed by atoms with Gasteiger partial charge in [-0.3, -0.25) is 0 Å². The van der Waals surface area contributed by atoms with Crippen LogP contribution in [0.1, 0.15) is 75.1 Å². The minimum absolute atomic E-state index is 0. The van der Waals surface area contributed by atoms with Crippen molar-refractivity contribution in [3.05, 3.63) is 47.5 Å². The number of unbranched alkanes of at least 4 members (excludes halogenated alkanes) is 1. The Morgan fingerprint density at radius 3 is 2.57 bits per heavy atom. The highest BCUT2D eigenvalue weighted by Crippen LogP contribution is 2.28. The number of rotatable bonds is 9. The van der Waals surface area contributed by atoms with Crippen molar-refractivity contribution in [2.45, 2.75) is 71.4 Å². The third kappa shape index (κ3) is 7.56. The van der Waals surface area contributed by atoms with E-state index in [1.807, 2.05) is 24.6 Å². The summed E-state index contributed by atoms with van der Waals surface area (Å²) in [5.74, 6) is 3.58. The lowest BCUT2D eigenvalue weighted by Gasteiger charge is -2.19. The zero-order valence-electron chi connectivity index (χ0n) is 18.6. The van der Waals surface area contributed by atoms with Gasteiger partial charge in [-0.05, 0) is 31.7 Å². The van der Waals surface area contributed by atoms with Gasteiger partial charge in [0.2, 0.25) is 0 Å². The van der Waals surface area contributed by atoms with Crippen LogP contribution in [0.2, 0.25) is 0 Å². The summed E-state index contributed by atoms with van der Waals surface area (Å²) in [4.78, 5) is 4.78. The molecule has 0 bridgehead atoms. The van der Waals surface area contributed by atoms with E-state index >= 15 is 0 Å². The number of aromatic nitrogens is 3. The first-order chi connectivity index (χ1) is 14.1. The van der Waals surface area contributed by atoms with Crippen molar-refractivity contribution in [3.63, 3.8) is 0 Å². The molecule has 3 rings (SSSR count). The van der Waals surface area contributed by atoms with Crippen molar-refractivity contribution in [1.29, 1.82) is 0 Å². The van der Waals surface area contributed by atoms with Crippen LogP contribution in [0.4, 0.5) is 0 Å². The van der Waals surface area contributed by atoms with Gasteiger partial charge in [-0.25, -0.2) is 4.99 Å². The maximum Gasteiger partial charge on any atom is 0.192 e. The highest BCUT2D eigenvalue weighted by atomic mass is 127. The highest BCUT2D eigenvalue weighted by molar-refractivity contribution is 14.0. The fourth-order valence-corrected chi connectivity index (χ4v) is 3.99. The van der Waals surface area contributed by atoms with E-state index in [9.17, 15) is 0 Å². The first kappa shape index (κ1) is 24.6. The molecule has 1 fully saturated rings. The van der Waals surface area contributed by atoms with E-state index in [2.05, 4.69) is 52.0 Å². The number of hydrogen-bond donors (Lipinski definition) is 2. The van der Waals surface area contributed by atoms with Crippen LogP contribution in [-0.2, 0) is 13.6 Å². The Balaban J connectivity index is 0.00000320. The molecule has 7 heteroatoms. The average Bonchev–Trinajstić information content (AvgIpc) is 3.37. The van der Waals surface area contributed by atoms with Crippen LogP contribution in [0.3, 0.4) is 0 Å². The van der Waals surface area contributed by atoms with Gasteiger partial charge < -0.3 is 15.2 Å². The van der Waals surface area contributed by atoms with Crippen molar-refractivity contribution in [1.82, 2.24) is 25.4 Å². The normalized spacial score (nSPS) is 15.6. The minimum Gasteiger partial charge on any atom is -0.356 e. The standard InChI is InChI=1S/C23H36N6.HI/c1-18(21-14-5-4-6-15-21)26-23(25-17-22-28-27-19(2)29(22)3)24-16-10-9-13-20-11-7-8-12-20;/h4-6,14-15,18,20H,7-13,16-17H2,1-3H3,(H2,24,25,26);1H. The van der Waals surface area contributed by atoms with Gasteiger partial charge in [0.1, 0.15) is 12.4 Å². The Morgan fingerprint density at radius 1 is 1.17 bits per heavy atom. The topological polar surface area (TPSA) is 67.1 Å². The average molecular weight is 524 g/mol. The maximum absolute atomic E-state index is 4.78. The zero-order chi connectivity index (χ0) is 20.5. The summed E-state index contributed by atoms with van der Waals surface area (Å²) in [6.45, 7) is 5.58. The predicted octanol–water partition coefficient (Wildman–Crippen LogP) is 4.90. The molecule has 0 spiro atoms. The lowest BCUT2D eigenvalue weighted by Crippen LogP contribution is -2.39. The van der Waals surface area contributed by atoms with Gasteiger partial charge in [0.05, 0.1) is 6.04 Å². The second kappa shape index (κ2) is 12.9. The summed E-state index contributed by atoms with van der Waals surface area (Å²) in [7, 11) is 1.98. The van der Waals surface area contributed by atoms with Gasteiger partial charge in [-0.15, -0.1) is 34.2 Å². The van der Waals surface area contributed by atoms with Crippen LogP contribution in [0, 0.1) is 12.8 Å². The molecule has 1 heterocycles. The highest BCUT2D eigenvalue weighted by Gasteiger charge is 2.14. The van der Waals surface area contributed by atoms with E-state index in [4.69, 9.17) is 4.99 Å². The molecule has 0 saturated heterocycles. The smallest absolute Gasteiger partial charge is 0.192 e. The number of nitrogens with one attached hydrogen (secondary N) is 2. The number of nitrogens with zero attached hydrogens (tertiary/aromatic N) is 4. The molecule has 166 valence electrons. The number of aryl methyl sites for hydroxylation is 1. The lowest BCUT2D eigenvalue weighted by atomic mass is 10.0. The molecule has 1 aliphatic rings. The Morgan fingerprint density at radius 2 is 1.90 bits per heavy atom. The summed E-state index contributed by atoms with van der Waals surface area (Å²) in [6.07, 6.45) is 9.59. The fourth-order valence-electron chi connectivity index (χ4n) is 3.99. The van der Waals surface area contributed by atoms with E-state index in [1.165, 1.54) is 50.5 Å². The maximum atomic E-state index is 4.78. The van der Waals surface area contributed by atoms with Crippen LogP contribution in [0.5, 0.6) is 0 Å². The van der Waals surface area contributed by atoms with Crippen molar-refractivity contribution < 1.29 is 0 Å². The summed E-state index contributed by atoms with van der Waals surface area (Å²) in [5.41, 5.74) is 1.25. The largest absolute Gasteiger partial charge is 0.356 e. The number of guanidine groups is 1. The van der Waals surface area contributed by atoms with Gasteiger partial charge in [-0.1, -0.05) is 68.9 Å². The molecule has 0 aliphatic heterocycles. The van der Waals surface area contributed by atoms with Crippen molar-refractivity contribution in [2.75, 3.05) is 6.54 Å². The van der Waals surface area contributed by atoms with Gasteiger partial charge in [-0.2, -0.15) is 0 Å². The quantitative estimate of drug-likeness (QED) is 0.212. The van der Waals surface area contributed by atoms with E-state index in [0.717, 1.165) is 30.1 Å². The van der Waals surface area contributed by atoms with Crippen molar-refractivity contribution in [2.24, 2.45) is 18.0 Å². The first-order valence-corrected chi connectivity index (χ1v) is 11.1. The molecule has 1 unspecified atom stereocenters. The Labute approximate surface area is 198 Å². The van der Waals surface area contributed by atoms with Crippen LogP contribution in [-0.4, -0.2) is 27.3 Å². The molecule has 1 aromatic heterocycles. The van der Waals surface area contributed by atoms with Gasteiger partial charge in [0, 0.05) is 13.6 Å². The molecule has 1 saturated carbocycles. The summed E-state index contributed by atoms with van der Waals surface area (Å²) < 4.78 is 1.99. The molecule has 1 aliphatic carbocycles. The van der Waals surface area contributed by atoms with Crippen molar-refractivity contribution >= 4 is 29.9 Å². The van der Waals surface area contributed by atoms with Crippen LogP contribution < -0.4 is 10.6 Å². The SMILES string of the molecule is Cc1nnc(CN=C(NCCCCC2CCCC2)NC(C)c2ccccc2)n1C.I. The number of halogens is 1. The Hall–Kier alpha value is -1.64. The molecule has 6 nitrogen and oxygen atoms in total. The summed E-state index contributed by atoms with van der Waals surface area (Å²) >= 11 is 0.